The number of benzene rings is 1. The Balaban J connectivity index is 1.89. The standard InChI is InChI=1S/C28H42N4O4/c1-7-32(22-10-8-21(9-11-22)31(5)6)26-16-23(36-13-12-33)15-24(20(26)4)27(34)29-17-25-18(2)14-19(3)30-28(25)35/h14-16,21-22,33H,7-13,17H2,1-6H3,(H,29,34)(H,30,35). The van der Waals surface area contributed by atoms with Gasteiger partial charge in [0.2, 0.25) is 0 Å². The number of rotatable bonds is 10. The fourth-order valence-electron chi connectivity index (χ4n) is 5.33. The second-order valence-corrected chi connectivity index (χ2v) is 10.0. The van der Waals surface area contributed by atoms with Crippen LogP contribution in [0.5, 0.6) is 5.75 Å². The van der Waals surface area contributed by atoms with Gasteiger partial charge in [0.25, 0.3) is 11.5 Å². The number of pyridine rings is 1. The molecule has 3 N–H and O–H groups in total. The predicted octanol–water partition coefficient (Wildman–Crippen LogP) is 3.30. The van der Waals surface area contributed by atoms with Gasteiger partial charge in [-0.2, -0.15) is 0 Å². The Kier molecular flexibility index (Phi) is 9.56. The van der Waals surface area contributed by atoms with Crippen LogP contribution >= 0.6 is 0 Å². The van der Waals surface area contributed by atoms with Crippen LogP contribution in [0.3, 0.4) is 0 Å². The van der Waals surface area contributed by atoms with Gasteiger partial charge >= 0.3 is 0 Å². The molecule has 1 aromatic carbocycles. The molecule has 2 aromatic rings. The summed E-state index contributed by atoms with van der Waals surface area (Å²) in [6, 6.07) is 6.61. The van der Waals surface area contributed by atoms with Gasteiger partial charge in [0.15, 0.2) is 0 Å². The molecular weight excluding hydrogens is 456 g/mol. The van der Waals surface area contributed by atoms with Crippen LogP contribution in [0.25, 0.3) is 0 Å². The molecule has 198 valence electrons. The lowest BCUT2D eigenvalue weighted by atomic mass is 9.88. The number of aromatic nitrogens is 1. The topological polar surface area (TPSA) is 97.9 Å². The van der Waals surface area contributed by atoms with E-state index in [1.54, 1.807) is 6.07 Å². The molecule has 1 heterocycles. The summed E-state index contributed by atoms with van der Waals surface area (Å²) in [6.45, 7) is 8.84. The number of anilines is 1. The maximum atomic E-state index is 13.4. The third-order valence-electron chi connectivity index (χ3n) is 7.37. The highest BCUT2D eigenvalue weighted by Crippen LogP contribution is 2.35. The monoisotopic (exact) mass is 498 g/mol. The van der Waals surface area contributed by atoms with Crippen LogP contribution in [-0.2, 0) is 6.54 Å². The maximum absolute atomic E-state index is 13.4. The van der Waals surface area contributed by atoms with Crippen molar-refractivity contribution in [3.8, 4) is 5.75 Å². The smallest absolute Gasteiger partial charge is 0.253 e. The van der Waals surface area contributed by atoms with Crippen molar-refractivity contribution in [2.75, 3.05) is 38.8 Å². The van der Waals surface area contributed by atoms with Crippen molar-refractivity contribution in [3.05, 3.63) is 56.5 Å². The average molecular weight is 499 g/mol. The van der Waals surface area contributed by atoms with Gasteiger partial charge in [0, 0.05) is 53.7 Å². The number of hydrogen-bond acceptors (Lipinski definition) is 6. The lowest BCUT2D eigenvalue weighted by molar-refractivity contribution is 0.0949. The van der Waals surface area contributed by atoms with E-state index in [0.29, 0.717) is 29.0 Å². The molecule has 0 aliphatic heterocycles. The first-order valence-corrected chi connectivity index (χ1v) is 12.9. The van der Waals surface area contributed by atoms with Crippen molar-refractivity contribution in [1.29, 1.82) is 0 Å². The van der Waals surface area contributed by atoms with Gasteiger partial charge in [-0.15, -0.1) is 0 Å². The highest BCUT2D eigenvalue weighted by atomic mass is 16.5. The third-order valence-corrected chi connectivity index (χ3v) is 7.37. The van der Waals surface area contributed by atoms with Crippen molar-refractivity contribution >= 4 is 11.6 Å². The van der Waals surface area contributed by atoms with Gasteiger partial charge in [-0.1, -0.05) is 0 Å². The summed E-state index contributed by atoms with van der Waals surface area (Å²) in [5, 5.41) is 12.2. The first kappa shape index (κ1) is 27.7. The molecule has 1 fully saturated rings. The molecule has 36 heavy (non-hydrogen) atoms. The minimum absolute atomic E-state index is 0.105. The number of carbonyl (C=O) groups excluding carboxylic acids is 1. The molecular formula is C28H42N4O4. The molecule has 0 unspecified atom stereocenters. The molecule has 3 rings (SSSR count). The number of nitrogens with zero attached hydrogens (tertiary/aromatic N) is 2. The summed E-state index contributed by atoms with van der Waals surface area (Å²) in [4.78, 5) is 33.3. The zero-order chi connectivity index (χ0) is 26.4. The number of nitrogens with one attached hydrogen (secondary N) is 2. The summed E-state index contributed by atoms with van der Waals surface area (Å²) < 4.78 is 5.77. The molecule has 0 atom stereocenters. The fourth-order valence-corrected chi connectivity index (χ4v) is 5.33. The Bertz CT molecular complexity index is 1100. The van der Waals surface area contributed by atoms with Crippen LogP contribution < -0.4 is 20.5 Å². The van der Waals surface area contributed by atoms with Crippen molar-refractivity contribution in [3.63, 3.8) is 0 Å². The van der Waals surface area contributed by atoms with E-state index in [9.17, 15) is 14.7 Å². The van der Waals surface area contributed by atoms with Crippen LogP contribution in [-0.4, -0.2) is 66.8 Å². The zero-order valence-electron chi connectivity index (χ0n) is 22.6. The van der Waals surface area contributed by atoms with E-state index in [1.807, 2.05) is 32.9 Å². The molecule has 1 aromatic heterocycles. The van der Waals surface area contributed by atoms with Crippen LogP contribution in [0.4, 0.5) is 5.69 Å². The Morgan fingerprint density at radius 3 is 2.36 bits per heavy atom. The first-order chi connectivity index (χ1) is 17.2. The number of ether oxygens (including phenoxy) is 1. The van der Waals surface area contributed by atoms with Gasteiger partial charge in [0.1, 0.15) is 12.4 Å². The summed E-state index contributed by atoms with van der Waals surface area (Å²) in [7, 11) is 4.29. The van der Waals surface area contributed by atoms with E-state index in [1.165, 1.54) is 0 Å². The van der Waals surface area contributed by atoms with Gasteiger partial charge in [-0.05, 0) is 90.7 Å². The highest BCUT2D eigenvalue weighted by Gasteiger charge is 2.28. The van der Waals surface area contributed by atoms with Crippen LogP contribution in [0.1, 0.15) is 65.3 Å². The quantitative estimate of drug-likeness (QED) is 0.465. The fraction of sp³-hybridized carbons (Fsp3) is 0.571. The predicted molar refractivity (Wildman–Crippen MR) is 144 cm³/mol. The van der Waals surface area contributed by atoms with Crippen LogP contribution in [0, 0.1) is 20.8 Å². The minimum atomic E-state index is -0.255. The van der Waals surface area contributed by atoms with E-state index in [0.717, 1.165) is 54.7 Å². The molecule has 8 nitrogen and oxygen atoms in total. The number of aryl methyl sites for hydroxylation is 2. The van der Waals surface area contributed by atoms with E-state index in [2.05, 4.69) is 41.1 Å². The third kappa shape index (κ3) is 6.48. The van der Waals surface area contributed by atoms with E-state index >= 15 is 0 Å². The summed E-state index contributed by atoms with van der Waals surface area (Å²) in [5.41, 5.74) is 4.39. The molecule has 1 amide bonds. The SMILES string of the molecule is CCN(c1cc(OCCO)cc(C(=O)NCc2c(C)cc(C)[nH]c2=O)c1C)C1CCC(N(C)C)CC1. The zero-order valence-corrected chi connectivity index (χ0v) is 22.6. The second kappa shape index (κ2) is 12.4. The van der Waals surface area contributed by atoms with Crippen molar-refractivity contribution < 1.29 is 14.6 Å². The summed E-state index contributed by atoms with van der Waals surface area (Å²) in [5.74, 6) is 0.300. The second-order valence-electron chi connectivity index (χ2n) is 10.0. The molecule has 0 saturated heterocycles. The number of aliphatic hydroxyl groups excluding tert-OH is 1. The Morgan fingerprint density at radius 2 is 1.78 bits per heavy atom. The van der Waals surface area contributed by atoms with Crippen molar-refractivity contribution in [1.82, 2.24) is 15.2 Å². The number of aromatic amines is 1. The van der Waals surface area contributed by atoms with Crippen LogP contribution in [0.15, 0.2) is 23.0 Å². The van der Waals surface area contributed by atoms with E-state index < -0.39 is 0 Å². The Labute approximate surface area is 214 Å². The molecule has 0 bridgehead atoms. The van der Waals surface area contributed by atoms with Gasteiger partial charge in [0.05, 0.1) is 6.61 Å². The molecule has 1 saturated carbocycles. The largest absolute Gasteiger partial charge is 0.491 e. The molecule has 0 spiro atoms. The Morgan fingerprint density at radius 1 is 1.11 bits per heavy atom. The van der Waals surface area contributed by atoms with E-state index in [4.69, 9.17) is 4.74 Å². The first-order valence-electron chi connectivity index (χ1n) is 12.9. The van der Waals surface area contributed by atoms with Gasteiger partial charge < -0.3 is 29.9 Å². The van der Waals surface area contributed by atoms with Crippen molar-refractivity contribution in [2.24, 2.45) is 0 Å². The van der Waals surface area contributed by atoms with Gasteiger partial charge in [-0.3, -0.25) is 9.59 Å². The van der Waals surface area contributed by atoms with Crippen molar-refractivity contribution in [2.45, 2.75) is 72.0 Å². The molecule has 1 aliphatic carbocycles. The minimum Gasteiger partial charge on any atom is -0.491 e. The lowest BCUT2D eigenvalue weighted by Crippen LogP contribution is -2.42. The normalized spacial score (nSPS) is 17.8. The molecule has 8 heteroatoms. The molecule has 1 aliphatic rings. The number of H-pyrrole nitrogens is 1. The molecule has 0 radical (unpaired) electrons. The summed E-state index contributed by atoms with van der Waals surface area (Å²) in [6.07, 6.45) is 4.47. The number of carbonyl (C=O) groups is 1. The maximum Gasteiger partial charge on any atom is 0.253 e. The number of amides is 1. The lowest BCUT2D eigenvalue weighted by Gasteiger charge is -2.40. The average Bonchev–Trinajstić information content (AvgIpc) is 2.84. The van der Waals surface area contributed by atoms with Gasteiger partial charge in [-0.25, -0.2) is 0 Å². The Hall–Kier alpha value is -2.84. The van der Waals surface area contributed by atoms with Crippen LogP contribution in [0.2, 0.25) is 0 Å². The van der Waals surface area contributed by atoms with E-state index in [-0.39, 0.29) is 31.2 Å². The number of aliphatic hydroxyl groups is 1. The highest BCUT2D eigenvalue weighted by molar-refractivity contribution is 5.97. The summed E-state index contributed by atoms with van der Waals surface area (Å²) >= 11 is 0. The number of hydrogen-bond donors (Lipinski definition) is 3.